The molecule has 0 unspecified atom stereocenters. The molecule has 1 aromatic rings. The highest BCUT2D eigenvalue weighted by atomic mass is 16.5. The molecular formula is C12H16N2O2. The van der Waals surface area contributed by atoms with E-state index >= 15 is 0 Å². The highest BCUT2D eigenvalue weighted by molar-refractivity contribution is 5.91. The van der Waals surface area contributed by atoms with Crippen LogP contribution in [0.2, 0.25) is 0 Å². The number of hydrogen-bond acceptors (Lipinski definition) is 3. The molecule has 1 aromatic carbocycles. The Bertz CT molecular complexity index is 358. The van der Waals surface area contributed by atoms with Crippen molar-refractivity contribution in [2.45, 2.75) is 18.9 Å². The van der Waals surface area contributed by atoms with Crippen LogP contribution >= 0.6 is 0 Å². The van der Waals surface area contributed by atoms with Crippen molar-refractivity contribution in [2.24, 2.45) is 0 Å². The second-order valence-corrected chi connectivity index (χ2v) is 3.98. The fourth-order valence-corrected chi connectivity index (χ4v) is 1.44. The molecule has 1 fully saturated rings. The van der Waals surface area contributed by atoms with Gasteiger partial charge in [0.2, 0.25) is 5.91 Å². The topological polar surface area (TPSA) is 50.4 Å². The molecule has 16 heavy (non-hydrogen) atoms. The molecule has 0 radical (unpaired) electrons. The Morgan fingerprint density at radius 3 is 2.50 bits per heavy atom. The van der Waals surface area contributed by atoms with Gasteiger partial charge in [0.05, 0.1) is 0 Å². The number of amides is 1. The van der Waals surface area contributed by atoms with Gasteiger partial charge in [-0.15, -0.1) is 0 Å². The SMILES string of the molecule is COCC(=O)Nc1ccc(NC2CC2)cc1. The van der Waals surface area contributed by atoms with Crippen molar-refractivity contribution in [3.05, 3.63) is 24.3 Å². The second kappa shape index (κ2) is 4.99. The highest BCUT2D eigenvalue weighted by Gasteiger charge is 2.20. The van der Waals surface area contributed by atoms with Gasteiger partial charge in [0.15, 0.2) is 0 Å². The zero-order valence-corrected chi connectivity index (χ0v) is 9.32. The number of methoxy groups -OCH3 is 1. The summed E-state index contributed by atoms with van der Waals surface area (Å²) in [6.45, 7) is 0.0854. The van der Waals surface area contributed by atoms with Gasteiger partial charge in [-0.2, -0.15) is 0 Å². The van der Waals surface area contributed by atoms with Crippen molar-refractivity contribution in [2.75, 3.05) is 24.4 Å². The molecule has 86 valence electrons. The minimum Gasteiger partial charge on any atom is -0.382 e. The van der Waals surface area contributed by atoms with Gasteiger partial charge >= 0.3 is 0 Å². The summed E-state index contributed by atoms with van der Waals surface area (Å²) in [5.74, 6) is -0.134. The number of carbonyl (C=O) groups is 1. The van der Waals surface area contributed by atoms with Crippen LogP contribution in [0.3, 0.4) is 0 Å². The number of ether oxygens (including phenoxy) is 1. The third-order valence-corrected chi connectivity index (χ3v) is 2.39. The normalized spacial score (nSPS) is 14.6. The van der Waals surface area contributed by atoms with E-state index in [1.807, 2.05) is 24.3 Å². The van der Waals surface area contributed by atoms with Gasteiger partial charge in [0.1, 0.15) is 6.61 Å². The van der Waals surface area contributed by atoms with E-state index < -0.39 is 0 Å². The zero-order chi connectivity index (χ0) is 11.4. The molecule has 0 aromatic heterocycles. The first-order valence-electron chi connectivity index (χ1n) is 5.43. The lowest BCUT2D eigenvalue weighted by molar-refractivity contribution is -0.119. The van der Waals surface area contributed by atoms with Crippen LogP contribution in [0.5, 0.6) is 0 Å². The third kappa shape index (κ3) is 3.24. The number of carbonyl (C=O) groups excluding carboxylic acids is 1. The van der Waals surface area contributed by atoms with Crippen molar-refractivity contribution in [1.29, 1.82) is 0 Å². The highest BCUT2D eigenvalue weighted by Crippen LogP contribution is 2.25. The summed E-state index contributed by atoms with van der Waals surface area (Å²) in [5.41, 5.74) is 1.90. The van der Waals surface area contributed by atoms with Crippen LogP contribution in [0.1, 0.15) is 12.8 Å². The molecule has 4 nitrogen and oxygen atoms in total. The Morgan fingerprint density at radius 2 is 1.94 bits per heavy atom. The van der Waals surface area contributed by atoms with Crippen molar-refractivity contribution in [3.8, 4) is 0 Å². The molecule has 2 rings (SSSR count). The molecule has 0 saturated heterocycles. The van der Waals surface area contributed by atoms with E-state index in [9.17, 15) is 4.79 Å². The molecule has 0 aliphatic heterocycles. The molecule has 1 amide bonds. The van der Waals surface area contributed by atoms with Crippen LogP contribution in [0, 0.1) is 0 Å². The molecule has 1 aliphatic carbocycles. The fourth-order valence-electron chi connectivity index (χ4n) is 1.44. The standard InChI is InChI=1S/C12H16N2O2/c1-16-8-12(15)14-11-6-4-10(5-7-11)13-9-2-3-9/h4-7,9,13H,2-3,8H2,1H3,(H,14,15). The molecule has 1 saturated carbocycles. The van der Waals surface area contributed by atoms with E-state index in [1.54, 1.807) is 0 Å². The Kier molecular flexibility index (Phi) is 3.41. The predicted molar refractivity (Wildman–Crippen MR) is 63.6 cm³/mol. The smallest absolute Gasteiger partial charge is 0.250 e. The summed E-state index contributed by atoms with van der Waals surface area (Å²) >= 11 is 0. The first kappa shape index (κ1) is 11.0. The van der Waals surface area contributed by atoms with Crippen molar-refractivity contribution >= 4 is 17.3 Å². The van der Waals surface area contributed by atoms with E-state index in [4.69, 9.17) is 4.74 Å². The lowest BCUT2D eigenvalue weighted by atomic mass is 10.2. The Morgan fingerprint density at radius 1 is 1.31 bits per heavy atom. The molecule has 2 N–H and O–H groups in total. The maximum Gasteiger partial charge on any atom is 0.250 e. The number of benzene rings is 1. The summed E-state index contributed by atoms with van der Waals surface area (Å²) in [6, 6.07) is 8.37. The van der Waals surface area contributed by atoms with Gasteiger partial charge in [-0.3, -0.25) is 4.79 Å². The largest absolute Gasteiger partial charge is 0.382 e. The molecule has 0 atom stereocenters. The lowest BCUT2D eigenvalue weighted by Crippen LogP contribution is -2.16. The van der Waals surface area contributed by atoms with Crippen LogP contribution in [0.25, 0.3) is 0 Å². The second-order valence-electron chi connectivity index (χ2n) is 3.98. The number of anilines is 2. The predicted octanol–water partition coefficient (Wildman–Crippen LogP) is 1.85. The van der Waals surface area contributed by atoms with E-state index in [-0.39, 0.29) is 12.5 Å². The van der Waals surface area contributed by atoms with Gasteiger partial charge in [0, 0.05) is 24.5 Å². The summed E-state index contributed by atoms with van der Waals surface area (Å²) in [6.07, 6.45) is 2.51. The molecule has 0 spiro atoms. The summed E-state index contributed by atoms with van der Waals surface area (Å²) in [7, 11) is 1.50. The molecule has 0 heterocycles. The maximum absolute atomic E-state index is 11.2. The summed E-state index contributed by atoms with van der Waals surface area (Å²) in [4.78, 5) is 11.2. The minimum atomic E-state index is -0.134. The quantitative estimate of drug-likeness (QED) is 0.796. The minimum absolute atomic E-state index is 0.0854. The van der Waals surface area contributed by atoms with E-state index in [0.717, 1.165) is 11.4 Å². The van der Waals surface area contributed by atoms with Crippen LogP contribution in [-0.2, 0) is 9.53 Å². The Hall–Kier alpha value is -1.55. The monoisotopic (exact) mass is 220 g/mol. The van der Waals surface area contributed by atoms with Crippen LogP contribution in [0.4, 0.5) is 11.4 Å². The van der Waals surface area contributed by atoms with Crippen LogP contribution in [-0.4, -0.2) is 25.7 Å². The van der Waals surface area contributed by atoms with Gasteiger partial charge in [-0.25, -0.2) is 0 Å². The van der Waals surface area contributed by atoms with E-state index in [2.05, 4.69) is 10.6 Å². The van der Waals surface area contributed by atoms with Gasteiger partial charge in [-0.1, -0.05) is 0 Å². The fraction of sp³-hybridized carbons (Fsp3) is 0.417. The first-order valence-corrected chi connectivity index (χ1v) is 5.43. The Labute approximate surface area is 95.0 Å². The number of rotatable bonds is 5. The van der Waals surface area contributed by atoms with Gasteiger partial charge in [0.25, 0.3) is 0 Å². The van der Waals surface area contributed by atoms with Gasteiger partial charge in [-0.05, 0) is 37.1 Å². The zero-order valence-electron chi connectivity index (χ0n) is 9.32. The molecule has 1 aliphatic rings. The third-order valence-electron chi connectivity index (χ3n) is 2.39. The lowest BCUT2D eigenvalue weighted by Gasteiger charge is -2.07. The Balaban J connectivity index is 1.87. The average molecular weight is 220 g/mol. The summed E-state index contributed by atoms with van der Waals surface area (Å²) < 4.78 is 4.74. The molecule has 0 bridgehead atoms. The maximum atomic E-state index is 11.2. The molecule has 4 heteroatoms. The van der Waals surface area contributed by atoms with Crippen LogP contribution < -0.4 is 10.6 Å². The first-order chi connectivity index (χ1) is 7.78. The van der Waals surface area contributed by atoms with Crippen molar-refractivity contribution < 1.29 is 9.53 Å². The summed E-state index contributed by atoms with van der Waals surface area (Å²) in [5, 5.41) is 6.13. The van der Waals surface area contributed by atoms with E-state index in [1.165, 1.54) is 20.0 Å². The number of hydrogen-bond donors (Lipinski definition) is 2. The van der Waals surface area contributed by atoms with Crippen molar-refractivity contribution in [1.82, 2.24) is 0 Å². The van der Waals surface area contributed by atoms with Gasteiger partial charge < -0.3 is 15.4 Å². The van der Waals surface area contributed by atoms with Crippen LogP contribution in [0.15, 0.2) is 24.3 Å². The average Bonchev–Trinajstić information content (AvgIpc) is 3.05. The van der Waals surface area contributed by atoms with E-state index in [0.29, 0.717) is 6.04 Å². The van der Waals surface area contributed by atoms with Crippen molar-refractivity contribution in [3.63, 3.8) is 0 Å². The molecular weight excluding hydrogens is 204 g/mol. The number of nitrogens with one attached hydrogen (secondary N) is 2.